The van der Waals surface area contributed by atoms with Gasteiger partial charge in [-0.25, -0.2) is 0 Å². The molecule has 0 atom stereocenters. The Morgan fingerprint density at radius 1 is 0.960 bits per heavy atom. The predicted octanol–water partition coefficient (Wildman–Crippen LogP) is 5.87. The molecule has 0 aromatic heterocycles. The average Bonchev–Trinajstić information content (AvgIpc) is 2.61. The first kappa shape index (κ1) is 22.5. The van der Waals surface area contributed by atoms with Crippen LogP contribution in [0.1, 0.15) is 50.8 Å². The van der Waals surface area contributed by atoms with Crippen molar-refractivity contribution in [3.8, 4) is 17.2 Å². The summed E-state index contributed by atoms with van der Waals surface area (Å²) in [5.41, 5.74) is 2.91. The summed E-state index contributed by atoms with van der Waals surface area (Å²) < 4.78 is 5.85. The number of carboxylic acids is 1. The number of aliphatic carboxylic acids is 1. The Morgan fingerprint density at radius 3 is 1.88 bits per heavy atom. The highest BCUT2D eigenvalue weighted by atomic mass is 16.5. The molecule has 0 radical (unpaired) electrons. The predicted molar refractivity (Wildman–Crippen MR) is 103 cm³/mol. The highest BCUT2D eigenvalue weighted by Gasteiger charge is 2.09. The molecule has 0 aliphatic rings. The molecule has 25 heavy (non-hydrogen) atoms. The van der Waals surface area contributed by atoms with Crippen LogP contribution in [0.25, 0.3) is 0 Å². The third kappa shape index (κ3) is 7.75. The van der Waals surface area contributed by atoms with Crippen LogP contribution in [0.5, 0.6) is 17.2 Å². The summed E-state index contributed by atoms with van der Waals surface area (Å²) in [5, 5.41) is 18.0. The monoisotopic (exact) mass is 346 g/mol. The minimum atomic E-state index is -0.797. The summed E-state index contributed by atoms with van der Waals surface area (Å²) in [6.07, 6.45) is 0.632. The van der Waals surface area contributed by atoms with Gasteiger partial charge in [0.25, 0.3) is 0 Å². The van der Waals surface area contributed by atoms with Crippen molar-refractivity contribution in [3.05, 3.63) is 53.1 Å². The van der Waals surface area contributed by atoms with E-state index in [-0.39, 0.29) is 12.2 Å². The maximum Gasteiger partial charge on any atom is 0.303 e. The molecule has 0 bridgehead atoms. The Morgan fingerprint density at radius 2 is 1.44 bits per heavy atom. The van der Waals surface area contributed by atoms with Crippen LogP contribution in [0.4, 0.5) is 0 Å². The number of aromatic hydroxyl groups is 1. The van der Waals surface area contributed by atoms with Gasteiger partial charge in [-0.3, -0.25) is 4.79 Å². The number of hydrogen-bond donors (Lipinski definition) is 2. The molecule has 2 aromatic rings. The second-order valence-electron chi connectivity index (χ2n) is 5.05. The molecule has 0 aliphatic heterocycles. The molecule has 0 fully saturated rings. The first-order chi connectivity index (χ1) is 12.0. The van der Waals surface area contributed by atoms with Crippen LogP contribution in [-0.4, -0.2) is 16.2 Å². The highest BCUT2D eigenvalue weighted by Crippen LogP contribution is 2.30. The molecule has 0 aliphatic carbocycles. The van der Waals surface area contributed by atoms with E-state index >= 15 is 0 Å². The largest absolute Gasteiger partial charge is 0.508 e. The molecule has 4 heteroatoms. The molecule has 0 unspecified atom stereocenters. The minimum absolute atomic E-state index is 0.122. The SMILES string of the molecule is CC.CC.Cc1cc(CCC(=O)O)cc(C)c1Oc1ccc(O)cc1. The number of aryl methyl sites for hydroxylation is 3. The summed E-state index contributed by atoms with van der Waals surface area (Å²) in [4.78, 5) is 10.6. The highest BCUT2D eigenvalue weighted by molar-refractivity contribution is 5.67. The van der Waals surface area contributed by atoms with Crippen LogP contribution in [0.2, 0.25) is 0 Å². The molecule has 0 saturated carbocycles. The van der Waals surface area contributed by atoms with E-state index in [4.69, 9.17) is 9.84 Å². The van der Waals surface area contributed by atoms with E-state index in [1.807, 2.05) is 53.7 Å². The number of phenolic OH excluding ortho intramolecular Hbond substituents is 1. The average molecular weight is 346 g/mol. The van der Waals surface area contributed by atoms with Gasteiger partial charge in [-0.1, -0.05) is 39.8 Å². The van der Waals surface area contributed by atoms with Gasteiger partial charge in [0.05, 0.1) is 0 Å². The lowest BCUT2D eigenvalue weighted by atomic mass is 10.0. The molecule has 0 saturated heterocycles. The quantitative estimate of drug-likeness (QED) is 0.710. The van der Waals surface area contributed by atoms with Gasteiger partial charge < -0.3 is 14.9 Å². The Balaban J connectivity index is 0.00000134. The van der Waals surface area contributed by atoms with Crippen molar-refractivity contribution >= 4 is 5.97 Å². The van der Waals surface area contributed by atoms with E-state index in [0.717, 1.165) is 22.4 Å². The third-order valence-electron chi connectivity index (χ3n) is 3.20. The van der Waals surface area contributed by atoms with Crippen molar-refractivity contribution in [2.45, 2.75) is 54.4 Å². The van der Waals surface area contributed by atoms with Crippen molar-refractivity contribution in [2.24, 2.45) is 0 Å². The zero-order valence-corrected chi connectivity index (χ0v) is 16.1. The van der Waals surface area contributed by atoms with Gasteiger partial charge in [0, 0.05) is 6.42 Å². The molecule has 0 spiro atoms. The lowest BCUT2D eigenvalue weighted by molar-refractivity contribution is -0.136. The van der Waals surface area contributed by atoms with Crippen LogP contribution in [0, 0.1) is 13.8 Å². The van der Waals surface area contributed by atoms with E-state index in [1.165, 1.54) is 0 Å². The second-order valence-corrected chi connectivity index (χ2v) is 5.05. The van der Waals surface area contributed by atoms with Crippen molar-refractivity contribution in [3.63, 3.8) is 0 Å². The van der Waals surface area contributed by atoms with E-state index < -0.39 is 5.97 Å². The Bertz CT molecular complexity index is 622. The van der Waals surface area contributed by atoms with Crippen LogP contribution in [0.15, 0.2) is 36.4 Å². The van der Waals surface area contributed by atoms with Crippen molar-refractivity contribution < 1.29 is 19.7 Å². The first-order valence-corrected chi connectivity index (χ1v) is 8.74. The van der Waals surface area contributed by atoms with Crippen LogP contribution in [0.3, 0.4) is 0 Å². The smallest absolute Gasteiger partial charge is 0.303 e. The standard InChI is InChI=1S/C17H18O4.2C2H6/c1-11-9-13(3-8-16(19)20)10-12(2)17(11)21-15-6-4-14(18)5-7-15;2*1-2/h4-7,9-10,18H,3,8H2,1-2H3,(H,19,20);2*1-2H3. The van der Waals surface area contributed by atoms with Crippen LogP contribution < -0.4 is 4.74 Å². The zero-order chi connectivity index (χ0) is 19.4. The number of hydrogen-bond acceptors (Lipinski definition) is 3. The third-order valence-corrected chi connectivity index (χ3v) is 3.20. The molecule has 0 amide bonds. The minimum Gasteiger partial charge on any atom is -0.508 e. The van der Waals surface area contributed by atoms with Gasteiger partial charge >= 0.3 is 5.97 Å². The van der Waals surface area contributed by atoms with E-state index in [1.54, 1.807) is 24.3 Å². The lowest BCUT2D eigenvalue weighted by Gasteiger charge is -2.13. The summed E-state index contributed by atoms with van der Waals surface area (Å²) in [5.74, 6) is 0.812. The van der Waals surface area contributed by atoms with Gasteiger partial charge in [-0.15, -0.1) is 0 Å². The number of carboxylic acid groups (broad SMARTS) is 1. The number of ether oxygens (including phenoxy) is 1. The normalized spacial score (nSPS) is 9.20. The van der Waals surface area contributed by atoms with Gasteiger partial charge in [-0.2, -0.15) is 0 Å². The number of rotatable bonds is 5. The fraction of sp³-hybridized carbons (Fsp3) is 0.381. The van der Waals surface area contributed by atoms with Crippen molar-refractivity contribution in [1.29, 1.82) is 0 Å². The second kappa shape index (κ2) is 12.0. The fourth-order valence-corrected chi connectivity index (χ4v) is 2.23. The molecular formula is C21H30O4. The number of carbonyl (C=O) groups is 1. The van der Waals surface area contributed by atoms with Crippen molar-refractivity contribution in [2.75, 3.05) is 0 Å². The summed E-state index contributed by atoms with van der Waals surface area (Å²) in [6.45, 7) is 11.9. The van der Waals surface area contributed by atoms with Crippen LogP contribution >= 0.6 is 0 Å². The molecule has 0 heterocycles. The topological polar surface area (TPSA) is 66.8 Å². The molecule has 2 N–H and O–H groups in total. The van der Waals surface area contributed by atoms with Gasteiger partial charge in [0.2, 0.25) is 0 Å². The number of benzene rings is 2. The Kier molecular flexibility index (Phi) is 10.8. The maximum atomic E-state index is 10.6. The molecular weight excluding hydrogens is 316 g/mol. The van der Waals surface area contributed by atoms with Crippen LogP contribution in [-0.2, 0) is 11.2 Å². The summed E-state index contributed by atoms with van der Waals surface area (Å²) in [7, 11) is 0. The molecule has 138 valence electrons. The zero-order valence-electron chi connectivity index (χ0n) is 16.1. The summed E-state index contributed by atoms with van der Waals surface area (Å²) in [6, 6.07) is 10.4. The lowest BCUT2D eigenvalue weighted by Crippen LogP contribution is -1.99. The Labute approximate surface area is 151 Å². The Hall–Kier alpha value is -2.49. The fourth-order valence-electron chi connectivity index (χ4n) is 2.23. The van der Waals surface area contributed by atoms with Gasteiger partial charge in [0.1, 0.15) is 17.2 Å². The summed E-state index contributed by atoms with van der Waals surface area (Å²) >= 11 is 0. The first-order valence-electron chi connectivity index (χ1n) is 8.74. The van der Waals surface area contributed by atoms with Crippen molar-refractivity contribution in [1.82, 2.24) is 0 Å². The van der Waals surface area contributed by atoms with E-state index in [9.17, 15) is 9.90 Å². The maximum absolute atomic E-state index is 10.6. The van der Waals surface area contributed by atoms with Gasteiger partial charge in [-0.05, 0) is 61.2 Å². The van der Waals surface area contributed by atoms with E-state index in [2.05, 4.69) is 0 Å². The molecule has 4 nitrogen and oxygen atoms in total. The number of phenols is 1. The van der Waals surface area contributed by atoms with Gasteiger partial charge in [0.15, 0.2) is 0 Å². The molecule has 2 aromatic carbocycles. The van der Waals surface area contributed by atoms with E-state index in [0.29, 0.717) is 12.2 Å². The molecule has 2 rings (SSSR count).